The van der Waals surface area contributed by atoms with Crippen molar-refractivity contribution >= 4 is 45.7 Å². The van der Waals surface area contributed by atoms with Gasteiger partial charge in [0.2, 0.25) is 11.8 Å². The van der Waals surface area contributed by atoms with Crippen LogP contribution in [0.4, 0.5) is 19.6 Å². The zero-order chi connectivity index (χ0) is 20.8. The van der Waals surface area contributed by atoms with E-state index in [9.17, 15) is 18.4 Å². The van der Waals surface area contributed by atoms with Crippen molar-refractivity contribution in [3.05, 3.63) is 65.0 Å². The molecular formula is C20H17F2N3O2S2. The third-order valence-electron chi connectivity index (χ3n) is 3.73. The fourth-order valence-corrected chi connectivity index (χ4v) is 3.78. The standard InChI is InChI=1S/C20H17F2N3O2S2/c1-12-3-2-4-14(7-12)23-18(26)10-28-11-19(27)25-20-24-17(9-29-20)13-5-6-15(21)16(22)8-13/h2-9H,10-11H2,1H3,(H,23,26)(H,24,25,27). The summed E-state index contributed by atoms with van der Waals surface area (Å²) in [5.74, 6) is -2.16. The van der Waals surface area contributed by atoms with Crippen molar-refractivity contribution in [3.8, 4) is 11.3 Å². The molecule has 0 aliphatic carbocycles. The van der Waals surface area contributed by atoms with Gasteiger partial charge >= 0.3 is 0 Å². The minimum Gasteiger partial charge on any atom is -0.325 e. The number of aryl methyl sites for hydroxylation is 1. The summed E-state index contributed by atoms with van der Waals surface area (Å²) in [5.41, 5.74) is 2.62. The summed E-state index contributed by atoms with van der Waals surface area (Å²) in [7, 11) is 0. The number of benzene rings is 2. The molecule has 0 bridgehead atoms. The topological polar surface area (TPSA) is 71.1 Å². The Morgan fingerprint density at radius 1 is 1.03 bits per heavy atom. The lowest BCUT2D eigenvalue weighted by Crippen LogP contribution is -2.18. The average molecular weight is 434 g/mol. The normalized spacial score (nSPS) is 10.6. The molecule has 3 rings (SSSR count). The van der Waals surface area contributed by atoms with Crippen molar-refractivity contribution in [1.29, 1.82) is 0 Å². The largest absolute Gasteiger partial charge is 0.325 e. The second kappa shape index (κ2) is 9.62. The van der Waals surface area contributed by atoms with Crippen molar-refractivity contribution in [3.63, 3.8) is 0 Å². The predicted molar refractivity (Wildman–Crippen MR) is 113 cm³/mol. The number of hydrogen-bond donors (Lipinski definition) is 2. The molecule has 29 heavy (non-hydrogen) atoms. The minimum atomic E-state index is -0.957. The third kappa shape index (κ3) is 6.10. The van der Waals surface area contributed by atoms with Gasteiger partial charge < -0.3 is 10.6 Å². The number of thiazole rings is 1. The Labute approximate surface area is 174 Å². The number of halogens is 2. The van der Waals surface area contributed by atoms with E-state index in [4.69, 9.17) is 0 Å². The molecule has 2 N–H and O–H groups in total. The lowest BCUT2D eigenvalue weighted by atomic mass is 10.2. The SMILES string of the molecule is Cc1cccc(NC(=O)CSCC(=O)Nc2nc(-c3ccc(F)c(F)c3)cs2)c1. The fourth-order valence-electron chi connectivity index (χ4n) is 2.43. The molecule has 0 aliphatic heterocycles. The number of nitrogens with zero attached hydrogens (tertiary/aromatic N) is 1. The molecule has 2 aromatic carbocycles. The number of aromatic nitrogens is 1. The quantitative estimate of drug-likeness (QED) is 0.566. The second-order valence-electron chi connectivity index (χ2n) is 6.13. The number of carbonyl (C=O) groups is 2. The van der Waals surface area contributed by atoms with Gasteiger partial charge in [0.05, 0.1) is 17.2 Å². The first-order valence-electron chi connectivity index (χ1n) is 8.56. The van der Waals surface area contributed by atoms with E-state index in [0.717, 1.165) is 17.7 Å². The van der Waals surface area contributed by atoms with Crippen LogP contribution in [0.3, 0.4) is 0 Å². The summed E-state index contributed by atoms with van der Waals surface area (Å²) in [6.45, 7) is 1.94. The Morgan fingerprint density at radius 3 is 2.52 bits per heavy atom. The van der Waals surface area contributed by atoms with Gasteiger partial charge in [-0.2, -0.15) is 0 Å². The molecule has 5 nitrogen and oxygen atoms in total. The lowest BCUT2D eigenvalue weighted by Gasteiger charge is -2.06. The van der Waals surface area contributed by atoms with Gasteiger partial charge in [0.25, 0.3) is 0 Å². The van der Waals surface area contributed by atoms with E-state index in [1.54, 1.807) is 11.4 Å². The Kier molecular flexibility index (Phi) is 6.95. The summed E-state index contributed by atoms with van der Waals surface area (Å²) in [6, 6.07) is 11.0. The van der Waals surface area contributed by atoms with Crippen molar-refractivity contribution in [2.75, 3.05) is 22.1 Å². The minimum absolute atomic E-state index is 0.0846. The van der Waals surface area contributed by atoms with Crippen LogP contribution in [-0.2, 0) is 9.59 Å². The molecule has 0 fully saturated rings. The van der Waals surface area contributed by atoms with Crippen molar-refractivity contribution < 1.29 is 18.4 Å². The predicted octanol–water partition coefficient (Wildman–Crippen LogP) is 4.71. The molecule has 0 saturated heterocycles. The Balaban J connectivity index is 1.45. The first-order chi connectivity index (χ1) is 13.9. The average Bonchev–Trinajstić information content (AvgIpc) is 3.12. The Morgan fingerprint density at radius 2 is 1.79 bits per heavy atom. The molecule has 0 saturated carbocycles. The number of amides is 2. The van der Waals surface area contributed by atoms with Crippen LogP contribution in [0.1, 0.15) is 5.56 Å². The number of rotatable bonds is 7. The number of anilines is 2. The van der Waals surface area contributed by atoms with E-state index in [-0.39, 0.29) is 23.3 Å². The van der Waals surface area contributed by atoms with Crippen LogP contribution >= 0.6 is 23.1 Å². The number of carbonyl (C=O) groups excluding carboxylic acids is 2. The monoisotopic (exact) mass is 433 g/mol. The van der Waals surface area contributed by atoms with Crippen LogP contribution in [0.2, 0.25) is 0 Å². The molecule has 0 atom stereocenters. The highest BCUT2D eigenvalue weighted by molar-refractivity contribution is 8.00. The van der Waals surface area contributed by atoms with Crippen LogP contribution in [0.5, 0.6) is 0 Å². The molecule has 0 aliphatic rings. The third-order valence-corrected chi connectivity index (χ3v) is 5.42. The van der Waals surface area contributed by atoms with Gasteiger partial charge in [-0.3, -0.25) is 9.59 Å². The van der Waals surface area contributed by atoms with E-state index < -0.39 is 11.6 Å². The molecule has 3 aromatic rings. The Bertz CT molecular complexity index is 1040. The van der Waals surface area contributed by atoms with Crippen LogP contribution in [0.15, 0.2) is 47.8 Å². The van der Waals surface area contributed by atoms with E-state index in [1.807, 2.05) is 25.1 Å². The van der Waals surface area contributed by atoms with E-state index >= 15 is 0 Å². The van der Waals surface area contributed by atoms with Gasteiger partial charge in [-0.25, -0.2) is 13.8 Å². The number of thioether (sulfide) groups is 1. The molecule has 150 valence electrons. The highest BCUT2D eigenvalue weighted by atomic mass is 32.2. The molecule has 0 spiro atoms. The van der Waals surface area contributed by atoms with Gasteiger partial charge in [0.15, 0.2) is 16.8 Å². The van der Waals surface area contributed by atoms with Gasteiger partial charge in [-0.1, -0.05) is 12.1 Å². The maximum absolute atomic E-state index is 13.3. The smallest absolute Gasteiger partial charge is 0.236 e. The van der Waals surface area contributed by atoms with Crippen LogP contribution in [0, 0.1) is 18.6 Å². The van der Waals surface area contributed by atoms with Gasteiger partial charge in [-0.15, -0.1) is 23.1 Å². The van der Waals surface area contributed by atoms with Gasteiger partial charge in [0, 0.05) is 16.6 Å². The molecule has 9 heteroatoms. The highest BCUT2D eigenvalue weighted by Crippen LogP contribution is 2.26. The molecule has 0 unspecified atom stereocenters. The first kappa shape index (κ1) is 20.9. The molecule has 1 heterocycles. The zero-order valence-electron chi connectivity index (χ0n) is 15.4. The molecule has 2 amide bonds. The van der Waals surface area contributed by atoms with Crippen LogP contribution in [-0.4, -0.2) is 28.3 Å². The summed E-state index contributed by atoms with van der Waals surface area (Å²) in [6.07, 6.45) is 0. The van der Waals surface area contributed by atoms with E-state index in [0.29, 0.717) is 22.1 Å². The number of hydrogen-bond acceptors (Lipinski definition) is 5. The number of nitrogens with one attached hydrogen (secondary N) is 2. The summed E-state index contributed by atoms with van der Waals surface area (Å²) in [4.78, 5) is 28.2. The molecular weight excluding hydrogens is 416 g/mol. The zero-order valence-corrected chi connectivity index (χ0v) is 17.0. The summed E-state index contributed by atoms with van der Waals surface area (Å²) >= 11 is 2.36. The molecule has 0 radical (unpaired) electrons. The van der Waals surface area contributed by atoms with Crippen molar-refractivity contribution in [2.24, 2.45) is 0 Å². The molecule has 1 aromatic heterocycles. The summed E-state index contributed by atoms with van der Waals surface area (Å²) in [5, 5.41) is 7.40. The maximum Gasteiger partial charge on any atom is 0.236 e. The van der Waals surface area contributed by atoms with E-state index in [1.165, 1.54) is 29.2 Å². The summed E-state index contributed by atoms with van der Waals surface area (Å²) < 4.78 is 26.4. The first-order valence-corrected chi connectivity index (χ1v) is 10.6. The second-order valence-corrected chi connectivity index (χ2v) is 7.97. The van der Waals surface area contributed by atoms with Crippen molar-refractivity contribution in [1.82, 2.24) is 4.98 Å². The maximum atomic E-state index is 13.3. The fraction of sp³-hybridized carbons (Fsp3) is 0.150. The van der Waals surface area contributed by atoms with Crippen molar-refractivity contribution in [2.45, 2.75) is 6.92 Å². The lowest BCUT2D eigenvalue weighted by molar-refractivity contribution is -0.114. The van der Waals surface area contributed by atoms with Crippen LogP contribution < -0.4 is 10.6 Å². The highest BCUT2D eigenvalue weighted by Gasteiger charge is 2.11. The van der Waals surface area contributed by atoms with Gasteiger partial charge in [0.1, 0.15) is 0 Å². The van der Waals surface area contributed by atoms with E-state index in [2.05, 4.69) is 15.6 Å². The Hall–Kier alpha value is -2.78. The van der Waals surface area contributed by atoms with Crippen LogP contribution in [0.25, 0.3) is 11.3 Å². The van der Waals surface area contributed by atoms with Gasteiger partial charge in [-0.05, 0) is 42.8 Å².